The largest absolute Gasteiger partial charge is 0.481 e. The third-order valence-corrected chi connectivity index (χ3v) is 4.88. The SMILES string of the molecule is CCC(C)C(NC(=O)C(N)CC(=O)O)C(=O)NC(CC(N)=O)C(=O)NC(CC(C)C)C(=O)O. The van der Waals surface area contributed by atoms with Crippen LogP contribution in [0.4, 0.5) is 0 Å². The van der Waals surface area contributed by atoms with Crippen LogP contribution in [-0.4, -0.2) is 69.9 Å². The summed E-state index contributed by atoms with van der Waals surface area (Å²) < 4.78 is 0. The lowest BCUT2D eigenvalue weighted by Crippen LogP contribution is -2.59. The lowest BCUT2D eigenvalue weighted by molar-refractivity contribution is -0.143. The van der Waals surface area contributed by atoms with Crippen LogP contribution in [0, 0.1) is 11.8 Å². The number of carbonyl (C=O) groups excluding carboxylic acids is 4. The van der Waals surface area contributed by atoms with Crippen LogP contribution in [0.15, 0.2) is 0 Å². The number of nitrogens with two attached hydrogens (primary N) is 2. The molecular formula is C20H35N5O8. The van der Waals surface area contributed by atoms with Crippen LogP contribution >= 0.6 is 0 Å². The van der Waals surface area contributed by atoms with Gasteiger partial charge in [0.05, 0.1) is 18.9 Å². The average Bonchev–Trinajstić information content (AvgIpc) is 2.68. The van der Waals surface area contributed by atoms with E-state index in [1.165, 1.54) is 0 Å². The number of carbonyl (C=O) groups is 6. The highest BCUT2D eigenvalue weighted by Crippen LogP contribution is 2.10. The lowest BCUT2D eigenvalue weighted by atomic mass is 9.97. The number of carboxylic acids is 2. The molecule has 0 aliphatic rings. The molecule has 13 nitrogen and oxygen atoms in total. The maximum Gasteiger partial charge on any atom is 0.326 e. The van der Waals surface area contributed by atoms with Crippen molar-refractivity contribution in [1.29, 1.82) is 0 Å². The molecule has 0 rings (SSSR count). The fraction of sp³-hybridized carbons (Fsp3) is 0.700. The van der Waals surface area contributed by atoms with Crippen LogP contribution in [0.3, 0.4) is 0 Å². The molecule has 0 saturated heterocycles. The number of carboxylic acid groups (broad SMARTS) is 2. The average molecular weight is 474 g/mol. The number of hydrogen-bond acceptors (Lipinski definition) is 7. The highest BCUT2D eigenvalue weighted by molar-refractivity contribution is 5.96. The van der Waals surface area contributed by atoms with E-state index >= 15 is 0 Å². The molecule has 13 heteroatoms. The van der Waals surface area contributed by atoms with Gasteiger partial charge in [-0.2, -0.15) is 0 Å². The number of rotatable bonds is 15. The van der Waals surface area contributed by atoms with Crippen molar-refractivity contribution in [3.63, 3.8) is 0 Å². The minimum atomic E-state index is -1.49. The molecule has 0 fully saturated rings. The fourth-order valence-electron chi connectivity index (χ4n) is 2.88. The highest BCUT2D eigenvalue weighted by atomic mass is 16.4. The summed E-state index contributed by atoms with van der Waals surface area (Å²) in [6.07, 6.45) is -0.717. The molecule has 0 aliphatic heterocycles. The van der Waals surface area contributed by atoms with E-state index in [0.29, 0.717) is 6.42 Å². The third-order valence-electron chi connectivity index (χ3n) is 4.88. The van der Waals surface area contributed by atoms with Crippen molar-refractivity contribution in [1.82, 2.24) is 16.0 Å². The summed E-state index contributed by atoms with van der Waals surface area (Å²) in [7, 11) is 0. The van der Waals surface area contributed by atoms with Crippen molar-refractivity contribution < 1.29 is 39.0 Å². The molecule has 0 aliphatic carbocycles. The Hall–Kier alpha value is -3.22. The van der Waals surface area contributed by atoms with Gasteiger partial charge in [0.1, 0.15) is 18.1 Å². The Morgan fingerprint density at radius 1 is 0.818 bits per heavy atom. The minimum absolute atomic E-state index is 0.0596. The van der Waals surface area contributed by atoms with Crippen molar-refractivity contribution in [3.8, 4) is 0 Å². The molecule has 0 saturated carbocycles. The molecule has 33 heavy (non-hydrogen) atoms. The zero-order valence-corrected chi connectivity index (χ0v) is 19.3. The van der Waals surface area contributed by atoms with Crippen LogP contribution < -0.4 is 27.4 Å². The Labute approximate surface area is 192 Å². The Kier molecular flexibility index (Phi) is 12.7. The summed E-state index contributed by atoms with van der Waals surface area (Å²) in [6, 6.07) is -5.33. The molecule has 0 radical (unpaired) electrons. The summed E-state index contributed by atoms with van der Waals surface area (Å²) in [6.45, 7) is 6.91. The van der Waals surface area contributed by atoms with Crippen LogP contribution in [0.25, 0.3) is 0 Å². The van der Waals surface area contributed by atoms with E-state index in [9.17, 15) is 33.9 Å². The fourth-order valence-corrected chi connectivity index (χ4v) is 2.88. The predicted octanol–water partition coefficient (Wildman–Crippen LogP) is -1.70. The van der Waals surface area contributed by atoms with Crippen molar-refractivity contribution in [3.05, 3.63) is 0 Å². The summed E-state index contributed by atoms with van der Waals surface area (Å²) in [4.78, 5) is 71.5. The van der Waals surface area contributed by atoms with Gasteiger partial charge in [-0.1, -0.05) is 34.1 Å². The molecule has 0 spiro atoms. The van der Waals surface area contributed by atoms with Gasteiger partial charge in [-0.05, 0) is 18.3 Å². The second-order valence-corrected chi connectivity index (χ2v) is 8.34. The van der Waals surface area contributed by atoms with Crippen molar-refractivity contribution in [2.45, 2.75) is 77.5 Å². The zero-order chi connectivity index (χ0) is 25.9. The number of primary amides is 1. The molecule has 5 atom stereocenters. The molecule has 0 aromatic carbocycles. The predicted molar refractivity (Wildman–Crippen MR) is 116 cm³/mol. The van der Waals surface area contributed by atoms with Crippen LogP contribution in [0.2, 0.25) is 0 Å². The monoisotopic (exact) mass is 473 g/mol. The summed E-state index contributed by atoms with van der Waals surface area (Å²) in [5, 5.41) is 25.1. The Bertz CT molecular complexity index is 742. The van der Waals surface area contributed by atoms with Gasteiger partial charge in [-0.25, -0.2) is 4.79 Å². The van der Waals surface area contributed by atoms with E-state index in [2.05, 4.69) is 16.0 Å². The quantitative estimate of drug-likeness (QED) is 0.143. The highest BCUT2D eigenvalue weighted by Gasteiger charge is 2.33. The van der Waals surface area contributed by atoms with Gasteiger partial charge in [0.15, 0.2) is 0 Å². The molecule has 188 valence electrons. The van der Waals surface area contributed by atoms with Crippen LogP contribution in [-0.2, 0) is 28.8 Å². The Morgan fingerprint density at radius 3 is 1.79 bits per heavy atom. The van der Waals surface area contributed by atoms with Crippen LogP contribution in [0.1, 0.15) is 53.4 Å². The Morgan fingerprint density at radius 2 is 1.36 bits per heavy atom. The minimum Gasteiger partial charge on any atom is -0.481 e. The van der Waals surface area contributed by atoms with Gasteiger partial charge in [0.25, 0.3) is 0 Å². The first-order valence-corrected chi connectivity index (χ1v) is 10.6. The normalized spacial score (nSPS) is 15.5. The van der Waals surface area contributed by atoms with Gasteiger partial charge in [0, 0.05) is 0 Å². The second-order valence-electron chi connectivity index (χ2n) is 8.34. The topological polar surface area (TPSA) is 231 Å². The maximum atomic E-state index is 12.9. The van der Waals surface area contributed by atoms with Gasteiger partial charge in [-0.15, -0.1) is 0 Å². The van der Waals surface area contributed by atoms with E-state index < -0.39 is 78.5 Å². The molecule has 0 heterocycles. The third kappa shape index (κ3) is 11.3. The summed E-state index contributed by atoms with van der Waals surface area (Å²) in [5.41, 5.74) is 10.7. The standard InChI is InChI=1S/C20H35N5O8/c1-5-10(4)16(25-17(29)11(21)7-15(27)28)19(31)23-12(8-14(22)26)18(30)24-13(20(32)33)6-9(2)3/h9-13,16H,5-8,21H2,1-4H3,(H2,22,26)(H,23,31)(H,24,30)(H,25,29)(H,27,28)(H,32,33). The summed E-state index contributed by atoms with van der Waals surface area (Å²) >= 11 is 0. The van der Waals surface area contributed by atoms with E-state index in [1.54, 1.807) is 27.7 Å². The van der Waals surface area contributed by atoms with Gasteiger partial charge in [0.2, 0.25) is 23.6 Å². The van der Waals surface area contributed by atoms with Crippen LogP contribution in [0.5, 0.6) is 0 Å². The van der Waals surface area contributed by atoms with Crippen molar-refractivity contribution in [2.24, 2.45) is 23.3 Å². The zero-order valence-electron chi connectivity index (χ0n) is 19.3. The molecule has 0 aromatic rings. The number of nitrogens with one attached hydrogen (secondary N) is 3. The summed E-state index contributed by atoms with van der Waals surface area (Å²) in [5.74, 6) is -6.64. The lowest BCUT2D eigenvalue weighted by Gasteiger charge is -2.27. The van der Waals surface area contributed by atoms with Crippen molar-refractivity contribution in [2.75, 3.05) is 0 Å². The molecule has 9 N–H and O–H groups in total. The first kappa shape index (κ1) is 29.8. The first-order chi connectivity index (χ1) is 15.2. The molecule has 0 bridgehead atoms. The van der Waals surface area contributed by atoms with Gasteiger partial charge >= 0.3 is 11.9 Å². The number of aliphatic carboxylic acids is 2. The molecule has 0 aromatic heterocycles. The second kappa shape index (κ2) is 14.0. The van der Waals surface area contributed by atoms with Gasteiger partial charge < -0.3 is 37.6 Å². The number of hydrogen-bond donors (Lipinski definition) is 7. The smallest absolute Gasteiger partial charge is 0.326 e. The van der Waals surface area contributed by atoms with E-state index in [4.69, 9.17) is 16.6 Å². The number of amides is 4. The van der Waals surface area contributed by atoms with Gasteiger partial charge in [-0.3, -0.25) is 24.0 Å². The molecule has 4 amide bonds. The van der Waals surface area contributed by atoms with E-state index in [1.807, 2.05) is 0 Å². The molecular weight excluding hydrogens is 438 g/mol. The van der Waals surface area contributed by atoms with E-state index in [0.717, 1.165) is 0 Å². The Balaban J connectivity index is 5.59. The van der Waals surface area contributed by atoms with E-state index in [-0.39, 0.29) is 12.3 Å². The van der Waals surface area contributed by atoms with Crippen molar-refractivity contribution >= 4 is 35.6 Å². The molecule has 5 unspecified atom stereocenters. The maximum absolute atomic E-state index is 12.9. The first-order valence-electron chi connectivity index (χ1n) is 10.6.